The fourth-order valence-electron chi connectivity index (χ4n) is 3.79. The molecule has 2 N–H and O–H groups in total. The standard InChI is InChI=1S/C22H31N3OSi.HI/c1-22(2,3)27(19-11-6-4-7-12-19,20-13-8-5-9-14-20)26-18-17-25-21-23-15-10-16-24-21;/h4-9,11-14H,10,15-18H2,1-3H3,(H2,23,24,25);1H. The van der Waals surface area contributed by atoms with Crippen LogP contribution in [0.5, 0.6) is 0 Å². The summed E-state index contributed by atoms with van der Waals surface area (Å²) in [6.07, 6.45) is 1.10. The smallest absolute Gasteiger partial charge is 0.261 e. The molecule has 3 rings (SSSR count). The summed E-state index contributed by atoms with van der Waals surface area (Å²) in [5.74, 6) is 0.896. The zero-order valence-electron chi connectivity index (χ0n) is 17.1. The zero-order valence-corrected chi connectivity index (χ0v) is 20.4. The van der Waals surface area contributed by atoms with E-state index in [4.69, 9.17) is 4.43 Å². The summed E-state index contributed by atoms with van der Waals surface area (Å²) in [7, 11) is -2.44. The van der Waals surface area contributed by atoms with Crippen molar-refractivity contribution < 1.29 is 4.43 Å². The van der Waals surface area contributed by atoms with E-state index >= 15 is 0 Å². The van der Waals surface area contributed by atoms with Crippen LogP contribution < -0.4 is 21.0 Å². The lowest BCUT2D eigenvalue weighted by atomic mass is 10.2. The van der Waals surface area contributed by atoms with Crippen molar-refractivity contribution in [3.05, 3.63) is 60.7 Å². The molecular formula is C22H32IN3OSi. The maximum absolute atomic E-state index is 6.85. The predicted molar refractivity (Wildman–Crippen MR) is 132 cm³/mol. The highest BCUT2D eigenvalue weighted by atomic mass is 127. The largest absolute Gasteiger partial charge is 0.406 e. The third-order valence-corrected chi connectivity index (χ3v) is 10.1. The summed E-state index contributed by atoms with van der Waals surface area (Å²) in [5.41, 5.74) is 0. The molecule has 4 nitrogen and oxygen atoms in total. The van der Waals surface area contributed by atoms with Gasteiger partial charge < -0.3 is 15.1 Å². The summed E-state index contributed by atoms with van der Waals surface area (Å²) in [6.45, 7) is 10.2. The molecule has 0 saturated carbocycles. The third-order valence-electron chi connectivity index (χ3n) is 5.03. The number of benzene rings is 2. The summed E-state index contributed by atoms with van der Waals surface area (Å²) in [6, 6.07) is 21.5. The first-order chi connectivity index (χ1) is 13.0. The van der Waals surface area contributed by atoms with Gasteiger partial charge in [-0.15, -0.1) is 24.0 Å². The lowest BCUT2D eigenvalue weighted by Gasteiger charge is -2.43. The summed E-state index contributed by atoms with van der Waals surface area (Å²) >= 11 is 0. The van der Waals surface area contributed by atoms with Crippen LogP contribution in [0.2, 0.25) is 5.04 Å². The quantitative estimate of drug-likeness (QED) is 0.358. The number of guanidine groups is 1. The highest BCUT2D eigenvalue weighted by Crippen LogP contribution is 2.36. The Balaban J connectivity index is 0.00000280. The Bertz CT molecular complexity index is 708. The molecule has 0 aliphatic carbocycles. The van der Waals surface area contributed by atoms with Crippen molar-refractivity contribution in [2.24, 2.45) is 4.99 Å². The van der Waals surface area contributed by atoms with Crippen LogP contribution in [0.15, 0.2) is 65.7 Å². The van der Waals surface area contributed by atoms with Gasteiger partial charge in [0.1, 0.15) is 0 Å². The molecule has 1 heterocycles. The lowest BCUT2D eigenvalue weighted by molar-refractivity contribution is 0.302. The van der Waals surface area contributed by atoms with Gasteiger partial charge >= 0.3 is 0 Å². The molecule has 2 aromatic carbocycles. The van der Waals surface area contributed by atoms with E-state index in [9.17, 15) is 0 Å². The van der Waals surface area contributed by atoms with E-state index in [1.54, 1.807) is 0 Å². The van der Waals surface area contributed by atoms with E-state index in [-0.39, 0.29) is 29.0 Å². The van der Waals surface area contributed by atoms with Crippen molar-refractivity contribution in [3.8, 4) is 0 Å². The van der Waals surface area contributed by atoms with Gasteiger partial charge in [0.2, 0.25) is 0 Å². The Morgan fingerprint density at radius 3 is 2.04 bits per heavy atom. The molecule has 152 valence electrons. The van der Waals surface area contributed by atoms with Crippen LogP contribution in [0.3, 0.4) is 0 Å². The molecule has 0 atom stereocenters. The number of nitrogens with one attached hydrogen (secondary N) is 2. The van der Waals surface area contributed by atoms with Gasteiger partial charge in [-0.05, 0) is 21.8 Å². The summed E-state index contributed by atoms with van der Waals surface area (Å²) < 4.78 is 6.85. The van der Waals surface area contributed by atoms with E-state index in [2.05, 4.69) is 97.1 Å². The van der Waals surface area contributed by atoms with Crippen LogP contribution in [-0.4, -0.2) is 40.5 Å². The first kappa shape index (κ1) is 22.9. The number of hydrogen-bond acceptors (Lipinski definition) is 4. The van der Waals surface area contributed by atoms with Crippen LogP contribution in [0.1, 0.15) is 27.2 Å². The molecule has 1 aliphatic heterocycles. The van der Waals surface area contributed by atoms with Crippen LogP contribution in [0.4, 0.5) is 0 Å². The van der Waals surface area contributed by atoms with Gasteiger partial charge in [-0.25, -0.2) is 0 Å². The fourth-order valence-corrected chi connectivity index (χ4v) is 8.35. The Morgan fingerprint density at radius 2 is 1.57 bits per heavy atom. The second kappa shape index (κ2) is 10.4. The number of hydrogen-bond donors (Lipinski definition) is 2. The van der Waals surface area contributed by atoms with E-state index in [0.29, 0.717) is 6.61 Å². The van der Waals surface area contributed by atoms with Crippen molar-refractivity contribution in [1.82, 2.24) is 10.6 Å². The molecule has 1 aliphatic rings. The highest BCUT2D eigenvalue weighted by Gasteiger charge is 2.49. The molecule has 0 bridgehead atoms. The van der Waals surface area contributed by atoms with Crippen molar-refractivity contribution in [1.29, 1.82) is 0 Å². The van der Waals surface area contributed by atoms with E-state index in [0.717, 1.165) is 32.0 Å². The highest BCUT2D eigenvalue weighted by molar-refractivity contribution is 14.0. The first-order valence-corrected chi connectivity index (χ1v) is 11.7. The number of halogens is 1. The second-order valence-corrected chi connectivity index (χ2v) is 12.3. The van der Waals surface area contributed by atoms with Gasteiger partial charge in [-0.3, -0.25) is 4.99 Å². The predicted octanol–water partition coefficient (Wildman–Crippen LogP) is 3.12. The van der Waals surface area contributed by atoms with Crippen LogP contribution >= 0.6 is 24.0 Å². The zero-order chi connectivity index (χ0) is 19.2. The molecule has 0 amide bonds. The van der Waals surface area contributed by atoms with Gasteiger partial charge in [0.25, 0.3) is 8.32 Å². The van der Waals surface area contributed by atoms with Crippen molar-refractivity contribution in [2.75, 3.05) is 26.2 Å². The van der Waals surface area contributed by atoms with Crippen molar-refractivity contribution in [3.63, 3.8) is 0 Å². The maximum Gasteiger partial charge on any atom is 0.261 e. The van der Waals surface area contributed by atoms with E-state index in [1.807, 2.05) is 0 Å². The Hall–Kier alpha value is -1.38. The fraction of sp³-hybridized carbons (Fsp3) is 0.409. The Kier molecular flexibility index (Phi) is 8.51. The topological polar surface area (TPSA) is 45.6 Å². The Labute approximate surface area is 187 Å². The van der Waals surface area contributed by atoms with Crippen LogP contribution in [0.25, 0.3) is 0 Å². The summed E-state index contributed by atoms with van der Waals surface area (Å²) in [5, 5.41) is 9.33. The molecule has 0 fully saturated rings. The maximum atomic E-state index is 6.85. The lowest BCUT2D eigenvalue weighted by Crippen LogP contribution is -2.67. The average molecular weight is 510 g/mol. The molecular weight excluding hydrogens is 477 g/mol. The van der Waals surface area contributed by atoms with E-state index < -0.39 is 8.32 Å². The molecule has 0 saturated heterocycles. The molecule has 2 aromatic rings. The van der Waals surface area contributed by atoms with Crippen LogP contribution in [-0.2, 0) is 4.43 Å². The van der Waals surface area contributed by atoms with Crippen molar-refractivity contribution >= 4 is 48.6 Å². The molecule has 0 radical (unpaired) electrons. The molecule has 6 heteroatoms. The molecule has 28 heavy (non-hydrogen) atoms. The van der Waals surface area contributed by atoms with Gasteiger partial charge in [0.15, 0.2) is 5.96 Å². The monoisotopic (exact) mass is 509 g/mol. The molecule has 0 unspecified atom stereocenters. The van der Waals surface area contributed by atoms with Gasteiger partial charge in [0, 0.05) is 19.6 Å². The van der Waals surface area contributed by atoms with Gasteiger partial charge in [-0.2, -0.15) is 0 Å². The summed E-state index contributed by atoms with van der Waals surface area (Å²) in [4.78, 5) is 4.48. The Morgan fingerprint density at radius 1 is 1.00 bits per heavy atom. The van der Waals surface area contributed by atoms with Gasteiger partial charge in [0.05, 0.1) is 6.61 Å². The minimum Gasteiger partial charge on any atom is -0.406 e. The number of nitrogens with zero attached hydrogens (tertiary/aromatic N) is 1. The first-order valence-electron chi connectivity index (χ1n) is 9.81. The molecule has 0 aromatic heterocycles. The SMILES string of the molecule is CC(C)(C)[Si](OCCNC1=NCCCN1)(c1ccccc1)c1ccccc1.I. The minimum atomic E-state index is -2.44. The average Bonchev–Trinajstić information content (AvgIpc) is 2.69. The number of aliphatic imine (C=N–C) groups is 1. The van der Waals surface area contributed by atoms with Gasteiger partial charge in [-0.1, -0.05) is 81.4 Å². The second-order valence-electron chi connectivity index (χ2n) is 7.95. The molecule has 0 spiro atoms. The van der Waals surface area contributed by atoms with Crippen molar-refractivity contribution in [2.45, 2.75) is 32.2 Å². The minimum absolute atomic E-state index is 0. The normalized spacial score (nSPS) is 14.5. The number of rotatable bonds is 6. The van der Waals surface area contributed by atoms with E-state index in [1.165, 1.54) is 10.4 Å². The van der Waals surface area contributed by atoms with Crippen LogP contribution in [0, 0.1) is 0 Å². The third kappa shape index (κ3) is 5.15.